The predicted molar refractivity (Wildman–Crippen MR) is 194 cm³/mol. The van der Waals surface area contributed by atoms with Crippen LogP contribution in [0.2, 0.25) is 8.87 Å². The molecule has 282 valence electrons. The first kappa shape index (κ1) is 51.5. The van der Waals surface area contributed by atoms with Gasteiger partial charge in [-0.05, 0) is 49.0 Å². The summed E-state index contributed by atoms with van der Waals surface area (Å²) in [4.78, 5) is 41.9. The Morgan fingerprint density at radius 1 is 0.388 bits per heavy atom. The van der Waals surface area contributed by atoms with E-state index in [9.17, 15) is 39.6 Å². The molecule has 0 saturated carbocycles. The van der Waals surface area contributed by atoms with Crippen molar-refractivity contribution in [3.63, 3.8) is 0 Å². The molecule has 9 heteroatoms. The van der Waals surface area contributed by atoms with E-state index in [2.05, 4.69) is 27.7 Å². The van der Waals surface area contributed by atoms with E-state index in [0.717, 1.165) is 38.5 Å². The zero-order valence-electron chi connectivity index (χ0n) is 31.7. The van der Waals surface area contributed by atoms with Crippen LogP contribution in [0.3, 0.4) is 0 Å². The Hall–Kier alpha value is -1.84. The summed E-state index contributed by atoms with van der Waals surface area (Å²) >= 11 is 0.149. The topological polar surface area (TPSA) is 161 Å². The molecule has 0 aromatic heterocycles. The first-order valence-electron chi connectivity index (χ1n) is 19.5. The number of unbranched alkanes of at least 4 members (excludes halogenated alkanes) is 20. The number of hydrogen-bond donors (Lipinski definition) is 0. The summed E-state index contributed by atoms with van der Waals surface area (Å²) in [6.07, 6.45) is 30.7. The van der Waals surface area contributed by atoms with Gasteiger partial charge in [0, 0.05) is 0 Å². The number of rotatable bonds is 32. The predicted octanol–water partition coefficient (Wildman–Crippen LogP) is 6.57. The van der Waals surface area contributed by atoms with Crippen LogP contribution in [0, 0.1) is 0 Å². The third-order valence-corrected chi connectivity index (χ3v) is 12.2. The molecule has 0 amide bonds. The van der Waals surface area contributed by atoms with Crippen molar-refractivity contribution >= 4 is 45.0 Å². The average Bonchev–Trinajstić information content (AvgIpc) is 3.05. The van der Waals surface area contributed by atoms with E-state index >= 15 is 0 Å². The van der Waals surface area contributed by atoms with E-state index in [-0.39, 0.29) is 45.1 Å². The van der Waals surface area contributed by atoms with Gasteiger partial charge in [-0.2, -0.15) is 0 Å². The van der Waals surface area contributed by atoms with E-state index in [1.54, 1.807) is 8.87 Å². The van der Waals surface area contributed by atoms with Crippen molar-refractivity contribution < 1.29 is 39.6 Å². The number of aliphatic carboxylic acids is 4. The summed E-state index contributed by atoms with van der Waals surface area (Å²) in [5.74, 6) is -5.78. The second kappa shape index (κ2) is 42.3. The molecular formula is C40H70O8Sn. The van der Waals surface area contributed by atoms with Crippen LogP contribution in [0.25, 0.3) is 0 Å². The summed E-state index contributed by atoms with van der Waals surface area (Å²) < 4.78 is 3.25. The van der Waals surface area contributed by atoms with Gasteiger partial charge in [-0.1, -0.05) is 129 Å². The first-order valence-corrected chi connectivity index (χ1v) is 23.6. The van der Waals surface area contributed by atoms with Crippen LogP contribution in [0.4, 0.5) is 0 Å². The second-order valence-corrected chi connectivity index (χ2v) is 17.2. The van der Waals surface area contributed by atoms with Crippen LogP contribution in [-0.4, -0.2) is 45.0 Å². The maximum atomic E-state index is 10.7. The molecule has 0 bridgehead atoms. The van der Waals surface area contributed by atoms with Gasteiger partial charge in [0.1, 0.15) is 0 Å². The van der Waals surface area contributed by atoms with Crippen molar-refractivity contribution in [2.75, 3.05) is 0 Å². The molecule has 0 fully saturated rings. The van der Waals surface area contributed by atoms with Gasteiger partial charge < -0.3 is 39.6 Å². The minimum atomic E-state index is -1.48. The molecule has 6 radical (unpaired) electrons. The molecule has 0 aliphatic carbocycles. The van der Waals surface area contributed by atoms with Gasteiger partial charge in [-0.3, -0.25) is 0 Å². The molecule has 8 nitrogen and oxygen atoms in total. The van der Waals surface area contributed by atoms with Crippen molar-refractivity contribution in [3.8, 4) is 0 Å². The first-order chi connectivity index (χ1) is 23.6. The Kier molecular flexibility index (Phi) is 44.5. The molecule has 0 aromatic rings. The van der Waals surface area contributed by atoms with Gasteiger partial charge in [0.05, 0.1) is 23.9 Å². The van der Waals surface area contributed by atoms with E-state index in [1.165, 1.54) is 103 Å². The fourth-order valence-electron chi connectivity index (χ4n) is 5.09. The molecule has 0 unspecified atom stereocenters. The molecule has 0 N–H and O–H groups in total. The Morgan fingerprint density at radius 2 is 0.633 bits per heavy atom. The van der Waals surface area contributed by atoms with Crippen LogP contribution in [0.15, 0.2) is 23.3 Å². The molecular weight excluding hydrogens is 727 g/mol. The number of carbonyl (C=O) groups excluding carboxylic acids is 4. The summed E-state index contributed by atoms with van der Waals surface area (Å²) in [6.45, 7) is 8.99. The zero-order valence-corrected chi connectivity index (χ0v) is 34.6. The van der Waals surface area contributed by atoms with Gasteiger partial charge >= 0.3 is 69.5 Å². The fourth-order valence-corrected chi connectivity index (χ4v) is 9.24. The number of carbonyl (C=O) groups is 4. The zero-order chi connectivity index (χ0) is 37.4. The molecule has 0 aromatic carbocycles. The quantitative estimate of drug-likeness (QED) is 0.0420. The van der Waals surface area contributed by atoms with Crippen molar-refractivity contribution in [1.29, 1.82) is 0 Å². The molecule has 0 saturated heterocycles. The van der Waals surface area contributed by atoms with Crippen LogP contribution in [-0.2, 0) is 19.2 Å². The summed E-state index contributed by atoms with van der Waals surface area (Å²) in [5.41, 5.74) is -0.353. The van der Waals surface area contributed by atoms with Crippen LogP contribution >= 0.6 is 0 Å². The Bertz CT molecular complexity index is 785. The standard InChI is InChI=1S/2C16H28O4.2C4H9.Sn/c2*1-2-3-4-5-6-7-8-9-10-11-12-14(16(19)20)13-15(17)18;2*1-3-4-2;/h2*13H,2-12H2,1H3,(H,17,18)(H,19,20);2*1,3-4H2,2H3;/q;;;;+4/p-4/b2*14-13-;;;. The second-order valence-electron chi connectivity index (χ2n) is 12.9. The molecule has 0 aliphatic heterocycles. The molecule has 0 spiro atoms. The molecule has 49 heavy (non-hydrogen) atoms. The van der Waals surface area contributed by atoms with Crippen molar-refractivity contribution in [2.45, 2.75) is 204 Å². The van der Waals surface area contributed by atoms with Gasteiger partial charge in [0.2, 0.25) is 0 Å². The van der Waals surface area contributed by atoms with Crippen LogP contribution in [0.1, 0.15) is 195 Å². The molecule has 0 rings (SSSR count). The van der Waals surface area contributed by atoms with Gasteiger partial charge in [-0.25, -0.2) is 0 Å². The van der Waals surface area contributed by atoms with Gasteiger partial charge in [-0.15, -0.1) is 0 Å². The number of carboxylic acid groups (broad SMARTS) is 4. The molecule has 0 heterocycles. The van der Waals surface area contributed by atoms with E-state index in [0.29, 0.717) is 25.0 Å². The van der Waals surface area contributed by atoms with Crippen molar-refractivity contribution in [3.05, 3.63) is 23.3 Å². The Labute approximate surface area is 310 Å². The molecule has 0 atom stereocenters. The average molecular weight is 798 g/mol. The number of carboxylic acids is 4. The normalized spacial score (nSPS) is 11.3. The van der Waals surface area contributed by atoms with Crippen molar-refractivity contribution in [1.82, 2.24) is 0 Å². The third-order valence-electron chi connectivity index (χ3n) is 8.12. The van der Waals surface area contributed by atoms with E-state index < -0.39 is 23.9 Å². The molecule has 0 aliphatic rings. The van der Waals surface area contributed by atoms with E-state index in [1.807, 2.05) is 0 Å². The Balaban J connectivity index is -0.000000695. The SMILES string of the molecule is CCCCCCCCCCCC/C(=C/C(=O)[O-])C(=O)[O-].CCCCCCCCCCCC/C(=C/C(=O)[O-])C(=O)[O-].CCC[CH2][Sn+4][CH2]CCC. The van der Waals surface area contributed by atoms with E-state index in [4.69, 9.17) is 0 Å². The third kappa shape index (κ3) is 46.2. The fraction of sp³-hybridized carbons (Fsp3) is 0.800. The van der Waals surface area contributed by atoms with Gasteiger partial charge in [0.15, 0.2) is 0 Å². The summed E-state index contributed by atoms with van der Waals surface area (Å²) in [5, 5.41) is 41.9. The monoisotopic (exact) mass is 798 g/mol. The maximum absolute atomic E-state index is 10.7. The van der Waals surface area contributed by atoms with Crippen LogP contribution in [0.5, 0.6) is 0 Å². The van der Waals surface area contributed by atoms with Crippen molar-refractivity contribution in [2.24, 2.45) is 0 Å². The summed E-state index contributed by atoms with van der Waals surface area (Å²) in [6, 6.07) is 0. The Morgan fingerprint density at radius 3 is 0.857 bits per heavy atom. The van der Waals surface area contributed by atoms with Gasteiger partial charge in [0.25, 0.3) is 0 Å². The number of hydrogen-bond acceptors (Lipinski definition) is 8. The van der Waals surface area contributed by atoms with Crippen LogP contribution < -0.4 is 20.4 Å². The summed E-state index contributed by atoms with van der Waals surface area (Å²) in [7, 11) is 0. The minimum absolute atomic E-state index is 0.149.